The number of rotatable bonds is 9. The second-order valence-corrected chi connectivity index (χ2v) is 11.9. The fraction of sp³-hybridized carbons (Fsp3) is 0.364. The van der Waals surface area contributed by atoms with E-state index in [-0.39, 0.29) is 16.9 Å². The summed E-state index contributed by atoms with van der Waals surface area (Å²) >= 11 is 6.61. The summed E-state index contributed by atoms with van der Waals surface area (Å²) in [6.45, 7) is 15.5. The molecular weight excluding hydrogens is 538 g/mol. The molecule has 216 valence electrons. The van der Waals surface area contributed by atoms with Crippen LogP contribution in [0.25, 0.3) is 22.3 Å². The fourth-order valence-corrected chi connectivity index (χ4v) is 4.72. The highest BCUT2D eigenvalue weighted by molar-refractivity contribution is 6.32. The van der Waals surface area contributed by atoms with Crippen molar-refractivity contribution >= 4 is 28.7 Å². The van der Waals surface area contributed by atoms with E-state index in [1.165, 1.54) is 4.68 Å². The highest BCUT2D eigenvalue weighted by atomic mass is 35.5. The minimum Gasteiger partial charge on any atom is -0.494 e. The second kappa shape index (κ2) is 12.4. The Morgan fingerprint density at radius 1 is 1.07 bits per heavy atom. The molecule has 0 saturated carbocycles. The zero-order valence-electron chi connectivity index (χ0n) is 25.0. The third kappa shape index (κ3) is 6.73. The van der Waals surface area contributed by atoms with Crippen molar-refractivity contribution in [1.82, 2.24) is 9.66 Å². The van der Waals surface area contributed by atoms with Gasteiger partial charge in [-0.25, -0.2) is 4.98 Å². The normalized spacial score (nSPS) is 12.0. The summed E-state index contributed by atoms with van der Waals surface area (Å²) in [4.78, 5) is 18.7. The number of nitrogens with zero attached hydrogens (tertiary/aromatic N) is 3. The Kier molecular flexibility index (Phi) is 9.08. The molecule has 0 bridgehead atoms. The zero-order chi connectivity index (χ0) is 29.9. The van der Waals surface area contributed by atoms with Crippen LogP contribution in [0.15, 0.2) is 58.4 Å². The second-order valence-electron chi connectivity index (χ2n) is 11.5. The van der Waals surface area contributed by atoms with Gasteiger partial charge in [0.1, 0.15) is 5.75 Å². The SMILES string of the molecule is CCOc1cc(C)c(-c2nc3ccccc3c(=O)n2N=Cc2cc(Cl)c(OCC(C)(C)C)c(OC)c2)cc1C(C)C. The van der Waals surface area contributed by atoms with Crippen LogP contribution in [0.5, 0.6) is 17.2 Å². The van der Waals surface area contributed by atoms with Gasteiger partial charge in [-0.05, 0) is 78.3 Å². The predicted molar refractivity (Wildman–Crippen MR) is 167 cm³/mol. The summed E-state index contributed by atoms with van der Waals surface area (Å²) in [6, 6.07) is 14.9. The highest BCUT2D eigenvalue weighted by Crippen LogP contribution is 2.37. The van der Waals surface area contributed by atoms with Gasteiger partial charge >= 0.3 is 0 Å². The number of hydrogen-bond donors (Lipinski definition) is 0. The van der Waals surface area contributed by atoms with Crippen molar-refractivity contribution in [1.29, 1.82) is 0 Å². The van der Waals surface area contributed by atoms with Gasteiger partial charge in [0.2, 0.25) is 0 Å². The molecule has 7 nitrogen and oxygen atoms in total. The quantitative estimate of drug-likeness (QED) is 0.190. The predicted octanol–water partition coefficient (Wildman–Crippen LogP) is 7.86. The zero-order valence-corrected chi connectivity index (χ0v) is 25.8. The Balaban J connectivity index is 1.88. The molecule has 0 amide bonds. The van der Waals surface area contributed by atoms with Crippen LogP contribution in [0.2, 0.25) is 5.02 Å². The molecule has 41 heavy (non-hydrogen) atoms. The van der Waals surface area contributed by atoms with Gasteiger partial charge in [0.25, 0.3) is 5.56 Å². The van der Waals surface area contributed by atoms with Crippen molar-refractivity contribution in [2.45, 2.75) is 54.4 Å². The molecule has 0 unspecified atom stereocenters. The van der Waals surface area contributed by atoms with Crippen LogP contribution >= 0.6 is 11.6 Å². The molecule has 0 fully saturated rings. The minimum absolute atomic E-state index is 0.0520. The van der Waals surface area contributed by atoms with Crippen molar-refractivity contribution in [3.8, 4) is 28.6 Å². The molecule has 1 heterocycles. The standard InChI is InChI=1S/C33H38ClN3O4/c1-9-40-28-14-21(4)25(17-24(28)20(2)3)31-36-27-13-11-10-12-23(27)32(38)37(31)35-18-22-15-26(34)30(29(16-22)39-8)41-19-33(5,6)7/h10-18,20H,9,19H2,1-8H3. The van der Waals surface area contributed by atoms with Crippen LogP contribution in [-0.4, -0.2) is 36.2 Å². The van der Waals surface area contributed by atoms with Gasteiger partial charge in [0, 0.05) is 5.56 Å². The van der Waals surface area contributed by atoms with Crippen LogP contribution in [0.4, 0.5) is 0 Å². The van der Waals surface area contributed by atoms with Crippen LogP contribution < -0.4 is 19.8 Å². The fourth-order valence-electron chi connectivity index (χ4n) is 4.44. The highest BCUT2D eigenvalue weighted by Gasteiger charge is 2.20. The number of ether oxygens (including phenoxy) is 3. The van der Waals surface area contributed by atoms with E-state index in [4.69, 9.17) is 30.8 Å². The van der Waals surface area contributed by atoms with E-state index in [1.54, 1.807) is 31.5 Å². The molecule has 4 rings (SSSR count). The van der Waals surface area contributed by atoms with Crippen molar-refractivity contribution < 1.29 is 14.2 Å². The summed E-state index contributed by atoms with van der Waals surface area (Å²) in [5, 5.41) is 5.51. The molecular formula is C33H38ClN3O4. The molecule has 1 aromatic heterocycles. The molecule has 0 aliphatic heterocycles. The first-order valence-electron chi connectivity index (χ1n) is 13.8. The largest absolute Gasteiger partial charge is 0.494 e. The summed E-state index contributed by atoms with van der Waals surface area (Å²) in [6.07, 6.45) is 1.58. The van der Waals surface area contributed by atoms with Gasteiger partial charge < -0.3 is 14.2 Å². The lowest BCUT2D eigenvalue weighted by Crippen LogP contribution is -2.21. The van der Waals surface area contributed by atoms with E-state index in [0.29, 0.717) is 52.0 Å². The van der Waals surface area contributed by atoms with Gasteiger partial charge in [-0.15, -0.1) is 0 Å². The van der Waals surface area contributed by atoms with Gasteiger partial charge in [-0.2, -0.15) is 9.78 Å². The van der Waals surface area contributed by atoms with Crippen LogP contribution in [0.1, 0.15) is 64.2 Å². The first kappa shape index (κ1) is 30.1. The average molecular weight is 576 g/mol. The lowest BCUT2D eigenvalue weighted by atomic mass is 9.96. The Morgan fingerprint density at radius 2 is 1.80 bits per heavy atom. The lowest BCUT2D eigenvalue weighted by molar-refractivity contribution is 0.191. The Morgan fingerprint density at radius 3 is 2.46 bits per heavy atom. The van der Waals surface area contributed by atoms with E-state index in [1.807, 2.05) is 38.1 Å². The van der Waals surface area contributed by atoms with E-state index in [9.17, 15) is 4.79 Å². The molecule has 8 heteroatoms. The number of aryl methyl sites for hydroxylation is 1. The first-order chi connectivity index (χ1) is 19.4. The topological polar surface area (TPSA) is 74.9 Å². The molecule has 0 atom stereocenters. The van der Waals surface area contributed by atoms with Gasteiger partial charge in [0.05, 0.1) is 42.5 Å². The molecule has 0 N–H and O–H groups in total. The summed E-state index contributed by atoms with van der Waals surface area (Å²) in [5.41, 5.74) is 3.68. The van der Waals surface area contributed by atoms with Gasteiger partial charge in [-0.3, -0.25) is 4.79 Å². The van der Waals surface area contributed by atoms with Crippen molar-refractivity contribution in [2.75, 3.05) is 20.3 Å². The Hall–Kier alpha value is -3.84. The first-order valence-corrected chi connectivity index (χ1v) is 14.2. The number of benzene rings is 3. The molecule has 4 aromatic rings. The number of fused-ring (bicyclic) bond motifs is 1. The number of hydrogen-bond acceptors (Lipinski definition) is 6. The molecule has 0 radical (unpaired) electrons. The van der Waals surface area contributed by atoms with Crippen LogP contribution in [0, 0.1) is 12.3 Å². The molecule has 0 saturated heterocycles. The average Bonchev–Trinajstić information content (AvgIpc) is 2.91. The number of halogens is 1. The van der Waals surface area contributed by atoms with Crippen molar-refractivity contribution in [3.63, 3.8) is 0 Å². The molecule has 3 aromatic carbocycles. The summed E-state index contributed by atoms with van der Waals surface area (Å²) < 4.78 is 18.8. The van der Waals surface area contributed by atoms with E-state index >= 15 is 0 Å². The summed E-state index contributed by atoms with van der Waals surface area (Å²) in [7, 11) is 1.56. The maximum atomic E-state index is 13.8. The molecule has 0 aliphatic carbocycles. The monoisotopic (exact) mass is 575 g/mol. The number of methoxy groups -OCH3 is 1. The maximum absolute atomic E-state index is 13.8. The third-order valence-corrected chi connectivity index (χ3v) is 6.78. The molecule has 0 aliphatic rings. The minimum atomic E-state index is -0.274. The molecule has 0 spiro atoms. The lowest BCUT2D eigenvalue weighted by Gasteiger charge is -2.21. The van der Waals surface area contributed by atoms with Crippen molar-refractivity contribution in [3.05, 3.63) is 80.6 Å². The van der Waals surface area contributed by atoms with E-state index in [2.05, 4.69) is 45.8 Å². The van der Waals surface area contributed by atoms with Gasteiger partial charge in [-0.1, -0.05) is 58.4 Å². The van der Waals surface area contributed by atoms with E-state index < -0.39 is 0 Å². The summed E-state index contributed by atoms with van der Waals surface area (Å²) in [5.74, 6) is 2.43. The number of aromatic nitrogens is 2. The Bertz CT molecular complexity index is 1650. The van der Waals surface area contributed by atoms with Crippen LogP contribution in [0.3, 0.4) is 0 Å². The van der Waals surface area contributed by atoms with Crippen LogP contribution in [-0.2, 0) is 0 Å². The van der Waals surface area contributed by atoms with Crippen molar-refractivity contribution in [2.24, 2.45) is 10.5 Å². The smallest absolute Gasteiger partial charge is 0.282 e. The third-order valence-electron chi connectivity index (χ3n) is 6.50. The Labute approximate surface area is 246 Å². The maximum Gasteiger partial charge on any atom is 0.282 e. The van der Waals surface area contributed by atoms with Gasteiger partial charge in [0.15, 0.2) is 17.3 Å². The number of para-hydroxylation sites is 1. The van der Waals surface area contributed by atoms with E-state index in [0.717, 1.165) is 22.4 Å².